The summed E-state index contributed by atoms with van der Waals surface area (Å²) in [5.74, 6) is 1.06. The van der Waals surface area contributed by atoms with E-state index in [0.29, 0.717) is 0 Å². The average molecular weight is 229 g/mol. The Labute approximate surface area is 102 Å². The molecule has 0 aliphatic heterocycles. The van der Waals surface area contributed by atoms with Crippen LogP contribution in [0.1, 0.15) is 25.7 Å². The number of benzene rings is 1. The lowest BCUT2D eigenvalue weighted by molar-refractivity contribution is 0.504. The van der Waals surface area contributed by atoms with Crippen LogP contribution >= 0.6 is 0 Å². The highest BCUT2D eigenvalue weighted by Gasteiger charge is 2.14. The Morgan fingerprint density at radius 1 is 1.35 bits per heavy atom. The van der Waals surface area contributed by atoms with Crippen molar-refractivity contribution in [2.45, 2.75) is 25.9 Å². The molecule has 3 nitrogen and oxygen atoms in total. The van der Waals surface area contributed by atoms with Crippen LogP contribution in [0.2, 0.25) is 0 Å². The smallest absolute Gasteiger partial charge is 0.126 e. The molecule has 0 radical (unpaired) electrons. The molecule has 1 aromatic heterocycles. The van der Waals surface area contributed by atoms with Crippen molar-refractivity contribution in [2.75, 3.05) is 0 Å². The molecule has 0 saturated heterocycles. The largest absolute Gasteiger partial charge is 0.330 e. The highest BCUT2D eigenvalue weighted by molar-refractivity contribution is 5.75. The zero-order valence-corrected chi connectivity index (χ0v) is 10.6. The highest BCUT2D eigenvalue weighted by atomic mass is 15.1. The lowest BCUT2D eigenvalue weighted by Crippen LogP contribution is -2.28. The molecule has 1 N–H and O–H groups in total. The maximum atomic E-state index is 4.67. The first-order valence-electron chi connectivity index (χ1n) is 5.93. The molecule has 1 aromatic carbocycles. The van der Waals surface area contributed by atoms with Gasteiger partial charge in [-0.15, -0.1) is 6.58 Å². The Kier molecular flexibility index (Phi) is 3.29. The first-order chi connectivity index (χ1) is 8.13. The summed E-state index contributed by atoms with van der Waals surface area (Å²) in [6, 6.07) is 8.69. The molecule has 0 saturated carbocycles. The second kappa shape index (κ2) is 4.72. The van der Waals surface area contributed by atoms with Gasteiger partial charge in [0.2, 0.25) is 0 Å². The Morgan fingerprint density at radius 3 is 2.71 bits per heavy atom. The maximum Gasteiger partial charge on any atom is 0.126 e. The lowest BCUT2D eigenvalue weighted by Gasteiger charge is -2.17. The Hall–Kier alpha value is -1.61. The van der Waals surface area contributed by atoms with Gasteiger partial charge in [-0.3, -0.25) is 0 Å². The molecule has 0 amide bonds. The third-order valence-electron chi connectivity index (χ3n) is 3.08. The second-order valence-corrected chi connectivity index (χ2v) is 4.43. The molecule has 0 spiro atoms. The molecule has 0 fully saturated rings. The number of aryl methyl sites for hydroxylation is 1. The molecule has 0 bridgehead atoms. The lowest BCUT2D eigenvalue weighted by atomic mass is 10.2. The molecule has 0 aliphatic rings. The predicted octanol–water partition coefficient (Wildman–Crippen LogP) is 2.80. The van der Waals surface area contributed by atoms with Gasteiger partial charge in [0.1, 0.15) is 5.82 Å². The van der Waals surface area contributed by atoms with Gasteiger partial charge in [0.05, 0.1) is 17.1 Å². The summed E-state index contributed by atoms with van der Waals surface area (Å²) in [5, 5.41) is 3.45. The Balaban J connectivity index is 2.35. The van der Waals surface area contributed by atoms with E-state index in [1.165, 1.54) is 5.52 Å². The Bertz CT molecular complexity index is 527. The van der Waals surface area contributed by atoms with Crippen LogP contribution in [0.3, 0.4) is 0 Å². The monoisotopic (exact) mass is 229 g/mol. The number of fused-ring (bicyclic) bond motifs is 1. The van der Waals surface area contributed by atoms with Crippen molar-refractivity contribution in [3.63, 3.8) is 0 Å². The zero-order valence-electron chi connectivity index (χ0n) is 10.6. The van der Waals surface area contributed by atoms with Crippen molar-refractivity contribution in [1.82, 2.24) is 14.9 Å². The van der Waals surface area contributed by atoms with E-state index in [4.69, 9.17) is 0 Å². The van der Waals surface area contributed by atoms with Crippen LogP contribution in [-0.4, -0.2) is 15.6 Å². The van der Waals surface area contributed by atoms with Crippen molar-refractivity contribution in [3.05, 3.63) is 42.7 Å². The number of nitrogens with one attached hydrogen (secondary N) is 1. The molecule has 3 heteroatoms. The molecule has 17 heavy (non-hydrogen) atoms. The van der Waals surface area contributed by atoms with Crippen LogP contribution < -0.4 is 5.32 Å². The second-order valence-electron chi connectivity index (χ2n) is 4.43. The first-order valence-corrected chi connectivity index (χ1v) is 5.93. The minimum atomic E-state index is 0.209. The molecule has 2 unspecified atom stereocenters. The van der Waals surface area contributed by atoms with Crippen molar-refractivity contribution in [3.8, 4) is 0 Å². The molecule has 0 aliphatic carbocycles. The summed E-state index contributed by atoms with van der Waals surface area (Å²) >= 11 is 0. The third kappa shape index (κ3) is 2.24. The van der Waals surface area contributed by atoms with Crippen LogP contribution in [0.15, 0.2) is 36.9 Å². The van der Waals surface area contributed by atoms with Gasteiger partial charge >= 0.3 is 0 Å². The summed E-state index contributed by atoms with van der Waals surface area (Å²) < 4.78 is 2.14. The van der Waals surface area contributed by atoms with Crippen molar-refractivity contribution in [1.29, 1.82) is 0 Å². The predicted molar refractivity (Wildman–Crippen MR) is 71.9 cm³/mol. The van der Waals surface area contributed by atoms with Crippen LogP contribution in [0, 0.1) is 0 Å². The van der Waals surface area contributed by atoms with Crippen molar-refractivity contribution < 1.29 is 0 Å². The molecular formula is C14H19N3. The minimum absolute atomic E-state index is 0.209. The van der Waals surface area contributed by atoms with Crippen molar-refractivity contribution in [2.24, 2.45) is 7.05 Å². The number of hydrogen-bond acceptors (Lipinski definition) is 2. The molecule has 2 aromatic rings. The molecule has 90 valence electrons. The van der Waals surface area contributed by atoms with Crippen LogP contribution in [0.25, 0.3) is 11.0 Å². The van der Waals surface area contributed by atoms with Gasteiger partial charge in [0, 0.05) is 13.1 Å². The molecule has 2 rings (SSSR count). The summed E-state index contributed by atoms with van der Waals surface area (Å²) in [5.41, 5.74) is 2.22. The number of imidazole rings is 1. The maximum absolute atomic E-state index is 4.67. The average Bonchev–Trinajstić information content (AvgIpc) is 2.67. The molecular weight excluding hydrogens is 210 g/mol. The fourth-order valence-corrected chi connectivity index (χ4v) is 2.09. The van der Waals surface area contributed by atoms with Gasteiger partial charge in [-0.2, -0.15) is 0 Å². The van der Waals surface area contributed by atoms with E-state index in [9.17, 15) is 0 Å². The zero-order chi connectivity index (χ0) is 12.4. The third-order valence-corrected chi connectivity index (χ3v) is 3.08. The summed E-state index contributed by atoms with van der Waals surface area (Å²) in [7, 11) is 2.06. The molecule has 2 atom stereocenters. The van der Waals surface area contributed by atoms with Crippen LogP contribution in [0.4, 0.5) is 0 Å². The quantitative estimate of drug-likeness (QED) is 0.817. The summed E-state index contributed by atoms with van der Waals surface area (Å²) in [6.45, 7) is 8.00. The summed E-state index contributed by atoms with van der Waals surface area (Å²) in [4.78, 5) is 4.67. The number of rotatable bonds is 4. The Morgan fingerprint density at radius 2 is 2.06 bits per heavy atom. The number of aromatic nitrogens is 2. The fourth-order valence-electron chi connectivity index (χ4n) is 2.09. The van der Waals surface area contributed by atoms with Gasteiger partial charge in [0.25, 0.3) is 0 Å². The number of nitrogens with zero attached hydrogens (tertiary/aromatic N) is 2. The van der Waals surface area contributed by atoms with E-state index in [1.807, 2.05) is 24.3 Å². The van der Waals surface area contributed by atoms with Gasteiger partial charge < -0.3 is 9.88 Å². The van der Waals surface area contributed by atoms with Gasteiger partial charge in [-0.05, 0) is 26.0 Å². The van der Waals surface area contributed by atoms with Gasteiger partial charge in [-0.25, -0.2) is 4.98 Å². The molecule has 1 heterocycles. The fraction of sp³-hybridized carbons (Fsp3) is 0.357. The van der Waals surface area contributed by atoms with Crippen molar-refractivity contribution >= 4 is 11.0 Å². The minimum Gasteiger partial charge on any atom is -0.330 e. The summed E-state index contributed by atoms with van der Waals surface area (Å²) in [6.07, 6.45) is 1.90. The van der Waals surface area contributed by atoms with Gasteiger partial charge in [0.15, 0.2) is 0 Å². The number of hydrogen-bond donors (Lipinski definition) is 1. The van der Waals surface area contributed by atoms with E-state index < -0.39 is 0 Å². The standard InChI is InChI=1S/C14H19N3/c1-5-10(2)15-11(3)14-16-12-8-6-7-9-13(12)17(14)4/h5-11,15H,1H2,2-4H3. The van der Waals surface area contributed by atoms with E-state index in [-0.39, 0.29) is 12.1 Å². The first kappa shape index (κ1) is 11.9. The normalized spacial score (nSPS) is 14.8. The van der Waals surface area contributed by atoms with Crippen LogP contribution in [0.5, 0.6) is 0 Å². The van der Waals surface area contributed by atoms with Gasteiger partial charge in [-0.1, -0.05) is 18.2 Å². The van der Waals surface area contributed by atoms with E-state index >= 15 is 0 Å². The SMILES string of the molecule is C=CC(C)NC(C)c1nc2ccccc2n1C. The van der Waals surface area contributed by atoms with Crippen LogP contribution in [-0.2, 0) is 7.05 Å². The van der Waals surface area contributed by atoms with E-state index in [2.05, 4.69) is 48.4 Å². The highest BCUT2D eigenvalue weighted by Crippen LogP contribution is 2.19. The van der Waals surface area contributed by atoms with E-state index in [0.717, 1.165) is 11.3 Å². The number of para-hydroxylation sites is 2. The topological polar surface area (TPSA) is 29.9 Å². The van der Waals surface area contributed by atoms with E-state index in [1.54, 1.807) is 0 Å².